The second kappa shape index (κ2) is 9.41. The van der Waals surface area contributed by atoms with E-state index in [1.54, 1.807) is 42.1 Å². The Bertz CT molecular complexity index is 918. The highest BCUT2D eigenvalue weighted by molar-refractivity contribution is 7.98. The first-order chi connectivity index (χ1) is 12.4. The zero-order chi connectivity index (χ0) is 19.0. The molecule has 0 aliphatic rings. The van der Waals surface area contributed by atoms with Crippen molar-refractivity contribution in [3.05, 3.63) is 70.8 Å². The summed E-state index contributed by atoms with van der Waals surface area (Å²) in [5, 5.41) is 11.9. The molecule has 0 heterocycles. The number of hydrogen-bond acceptors (Lipinski definition) is 5. The summed E-state index contributed by atoms with van der Waals surface area (Å²) in [5.74, 6) is 1.12. The molecule has 1 amide bonds. The minimum absolute atomic E-state index is 0.0811. The van der Waals surface area contributed by atoms with E-state index < -0.39 is 9.84 Å². The van der Waals surface area contributed by atoms with Gasteiger partial charge in [-0.25, -0.2) is 8.42 Å². The van der Waals surface area contributed by atoms with Crippen molar-refractivity contribution in [1.82, 2.24) is 5.32 Å². The first kappa shape index (κ1) is 20.0. The molecule has 2 rings (SSSR count). The third kappa shape index (κ3) is 6.54. The molecule has 0 atom stereocenters. The van der Waals surface area contributed by atoms with Gasteiger partial charge < -0.3 is 5.32 Å². The number of thioether (sulfide) groups is 1. The second-order valence-corrected chi connectivity index (χ2v) is 9.09. The quantitative estimate of drug-likeness (QED) is 0.703. The van der Waals surface area contributed by atoms with Crippen molar-refractivity contribution in [2.75, 3.05) is 18.6 Å². The molecule has 0 aromatic heterocycles. The lowest BCUT2D eigenvalue weighted by molar-refractivity contribution is 0.0956. The van der Waals surface area contributed by atoms with Gasteiger partial charge >= 0.3 is 0 Å². The molecule has 1 N–H and O–H groups in total. The second-order valence-electron chi connectivity index (χ2n) is 5.85. The Morgan fingerprint density at radius 3 is 2.69 bits per heavy atom. The molecule has 0 bridgehead atoms. The van der Waals surface area contributed by atoms with Crippen LogP contribution in [-0.4, -0.2) is 32.9 Å². The molecule has 0 aliphatic carbocycles. The van der Waals surface area contributed by atoms with E-state index >= 15 is 0 Å². The summed E-state index contributed by atoms with van der Waals surface area (Å²) in [6.07, 6.45) is 1.17. The summed E-state index contributed by atoms with van der Waals surface area (Å²) in [6.45, 7) is 0.495. The van der Waals surface area contributed by atoms with Crippen LogP contribution in [-0.2, 0) is 21.3 Å². The number of nitriles is 1. The zero-order valence-corrected chi connectivity index (χ0v) is 16.1. The lowest BCUT2D eigenvalue weighted by atomic mass is 10.1. The maximum absolute atomic E-state index is 12.2. The molecule has 0 radical (unpaired) electrons. The zero-order valence-electron chi connectivity index (χ0n) is 14.4. The van der Waals surface area contributed by atoms with E-state index in [9.17, 15) is 13.2 Å². The Morgan fingerprint density at radius 2 is 1.96 bits per heavy atom. The van der Waals surface area contributed by atoms with E-state index in [2.05, 4.69) is 11.4 Å². The number of sulfone groups is 1. The molecule has 7 heteroatoms. The van der Waals surface area contributed by atoms with Crippen molar-refractivity contribution >= 4 is 27.5 Å². The maximum atomic E-state index is 12.2. The number of carbonyl (C=O) groups is 1. The van der Waals surface area contributed by atoms with Gasteiger partial charge in [0.15, 0.2) is 9.84 Å². The molecule has 0 saturated heterocycles. The molecule has 2 aromatic carbocycles. The SMILES string of the molecule is CS(=O)(=O)Cc1cccc(C(=O)NCCSCc2ccccc2C#N)c1. The van der Waals surface area contributed by atoms with Crippen LogP contribution in [0.3, 0.4) is 0 Å². The van der Waals surface area contributed by atoms with Crippen LogP contribution in [0, 0.1) is 11.3 Å². The van der Waals surface area contributed by atoms with Gasteiger partial charge in [-0.1, -0.05) is 30.3 Å². The van der Waals surface area contributed by atoms with Gasteiger partial charge in [0.05, 0.1) is 17.4 Å². The molecule has 0 aliphatic heterocycles. The molecule has 0 unspecified atom stereocenters. The Labute approximate surface area is 158 Å². The fourth-order valence-corrected chi connectivity index (χ4v) is 4.03. The number of rotatable bonds is 8. The summed E-state index contributed by atoms with van der Waals surface area (Å²) < 4.78 is 22.7. The Balaban J connectivity index is 1.80. The summed E-state index contributed by atoms with van der Waals surface area (Å²) in [4.78, 5) is 12.2. The normalized spacial score (nSPS) is 10.9. The van der Waals surface area contributed by atoms with E-state index in [-0.39, 0.29) is 11.7 Å². The largest absolute Gasteiger partial charge is 0.351 e. The number of amides is 1. The Morgan fingerprint density at radius 1 is 1.19 bits per heavy atom. The number of hydrogen-bond donors (Lipinski definition) is 1. The van der Waals surface area contributed by atoms with Crippen LogP contribution < -0.4 is 5.32 Å². The van der Waals surface area contributed by atoms with E-state index in [0.29, 0.717) is 34.7 Å². The highest BCUT2D eigenvalue weighted by Crippen LogP contribution is 2.15. The first-order valence-electron chi connectivity index (χ1n) is 7.99. The monoisotopic (exact) mass is 388 g/mol. The smallest absolute Gasteiger partial charge is 0.251 e. The fourth-order valence-electron chi connectivity index (χ4n) is 2.38. The minimum atomic E-state index is -3.13. The summed E-state index contributed by atoms with van der Waals surface area (Å²) >= 11 is 1.64. The van der Waals surface area contributed by atoms with Crippen molar-refractivity contribution in [3.8, 4) is 6.07 Å². The highest BCUT2D eigenvalue weighted by atomic mass is 32.2. The standard InChI is InChI=1S/C19H20N2O3S2/c1-26(23,24)14-15-5-4-8-16(11-15)19(22)21-9-10-25-13-18-7-3-2-6-17(18)12-20/h2-8,11H,9-10,13-14H2,1H3,(H,21,22). The third-order valence-electron chi connectivity index (χ3n) is 3.55. The Kier molecular flexibility index (Phi) is 7.25. The van der Waals surface area contributed by atoms with Gasteiger partial charge in [-0.3, -0.25) is 4.79 Å². The molecule has 0 saturated carbocycles. The van der Waals surface area contributed by atoms with Crippen molar-refractivity contribution < 1.29 is 13.2 Å². The van der Waals surface area contributed by atoms with E-state index in [1.807, 2.05) is 18.2 Å². The van der Waals surface area contributed by atoms with Crippen LogP contribution in [0.15, 0.2) is 48.5 Å². The molecule has 2 aromatic rings. The van der Waals surface area contributed by atoms with Crippen LogP contribution in [0.25, 0.3) is 0 Å². The first-order valence-corrected chi connectivity index (χ1v) is 11.2. The van der Waals surface area contributed by atoms with Crippen LogP contribution in [0.4, 0.5) is 0 Å². The van der Waals surface area contributed by atoms with Crippen molar-refractivity contribution in [2.45, 2.75) is 11.5 Å². The average molecular weight is 389 g/mol. The molecular weight excluding hydrogens is 368 g/mol. The van der Waals surface area contributed by atoms with E-state index in [1.165, 1.54) is 6.26 Å². The van der Waals surface area contributed by atoms with Gasteiger partial charge in [-0.05, 0) is 29.3 Å². The van der Waals surface area contributed by atoms with Gasteiger partial charge in [0, 0.05) is 29.9 Å². The van der Waals surface area contributed by atoms with Crippen LogP contribution in [0.5, 0.6) is 0 Å². The van der Waals surface area contributed by atoms with Crippen LogP contribution in [0.1, 0.15) is 27.0 Å². The van der Waals surface area contributed by atoms with Crippen molar-refractivity contribution in [2.24, 2.45) is 0 Å². The van der Waals surface area contributed by atoms with Gasteiger partial charge in [-0.15, -0.1) is 0 Å². The van der Waals surface area contributed by atoms with Gasteiger partial charge in [0.2, 0.25) is 0 Å². The highest BCUT2D eigenvalue weighted by Gasteiger charge is 2.09. The maximum Gasteiger partial charge on any atom is 0.251 e. The van der Waals surface area contributed by atoms with Gasteiger partial charge in [0.25, 0.3) is 5.91 Å². The summed E-state index contributed by atoms with van der Waals surface area (Å²) in [7, 11) is -3.13. The minimum Gasteiger partial charge on any atom is -0.351 e. The molecule has 0 fully saturated rings. The van der Waals surface area contributed by atoms with Crippen LogP contribution in [0.2, 0.25) is 0 Å². The topological polar surface area (TPSA) is 87.0 Å². The van der Waals surface area contributed by atoms with E-state index in [4.69, 9.17) is 5.26 Å². The summed E-state index contributed by atoms with van der Waals surface area (Å²) in [6, 6.07) is 16.3. The lowest BCUT2D eigenvalue weighted by Crippen LogP contribution is -2.25. The molecule has 136 valence electrons. The number of nitrogens with one attached hydrogen (secondary N) is 1. The fraction of sp³-hybridized carbons (Fsp3) is 0.263. The molecule has 5 nitrogen and oxygen atoms in total. The lowest BCUT2D eigenvalue weighted by Gasteiger charge is -2.07. The Hall–Kier alpha value is -2.30. The number of nitrogens with zero attached hydrogens (tertiary/aromatic N) is 1. The molecule has 26 heavy (non-hydrogen) atoms. The van der Waals surface area contributed by atoms with Crippen molar-refractivity contribution in [1.29, 1.82) is 5.26 Å². The number of benzene rings is 2. The number of carbonyl (C=O) groups excluding carboxylic acids is 1. The van der Waals surface area contributed by atoms with E-state index in [0.717, 1.165) is 5.56 Å². The van der Waals surface area contributed by atoms with Gasteiger partial charge in [0.1, 0.15) is 0 Å². The van der Waals surface area contributed by atoms with Crippen LogP contribution >= 0.6 is 11.8 Å². The molecule has 0 spiro atoms. The van der Waals surface area contributed by atoms with Crippen molar-refractivity contribution in [3.63, 3.8) is 0 Å². The molecular formula is C19H20N2O3S2. The average Bonchev–Trinajstić information content (AvgIpc) is 2.60. The predicted molar refractivity (Wildman–Crippen MR) is 105 cm³/mol. The van der Waals surface area contributed by atoms with Gasteiger partial charge in [-0.2, -0.15) is 17.0 Å². The predicted octanol–water partition coefficient (Wildman–Crippen LogP) is 2.77. The summed E-state index contributed by atoms with van der Waals surface area (Å²) in [5.41, 5.74) is 2.71. The third-order valence-corrected chi connectivity index (χ3v) is 5.41.